The van der Waals surface area contributed by atoms with Gasteiger partial charge < -0.3 is 15.2 Å². The molecule has 0 radical (unpaired) electrons. The number of hydrogen-bond donors (Lipinski definition) is 3. The van der Waals surface area contributed by atoms with Crippen LogP contribution in [0.3, 0.4) is 0 Å². The van der Waals surface area contributed by atoms with Crippen molar-refractivity contribution in [3.8, 4) is 22.3 Å². The van der Waals surface area contributed by atoms with Crippen molar-refractivity contribution in [3.05, 3.63) is 131 Å². The summed E-state index contributed by atoms with van der Waals surface area (Å²) in [4.78, 5) is 18.2. The molecule has 0 saturated carbocycles. The Balaban J connectivity index is 1.28. The van der Waals surface area contributed by atoms with E-state index in [0.717, 1.165) is 22.3 Å². The molecule has 11 heteroatoms. The Labute approximate surface area is 270 Å². The Bertz CT molecular complexity index is 1960. The van der Waals surface area contributed by atoms with Gasteiger partial charge in [0.15, 0.2) is 0 Å². The first kappa shape index (κ1) is 30.8. The first-order chi connectivity index (χ1) is 21.7. The van der Waals surface area contributed by atoms with Gasteiger partial charge in [-0.2, -0.15) is 0 Å². The molecule has 6 rings (SSSR count). The number of rotatable bonds is 9. The van der Waals surface area contributed by atoms with Crippen LogP contribution in [-0.2, 0) is 27.9 Å². The summed E-state index contributed by atoms with van der Waals surface area (Å²) in [7, 11) is -3.88. The number of aromatic nitrogens is 1. The van der Waals surface area contributed by atoms with Crippen LogP contribution in [0.4, 0.5) is 4.79 Å². The molecule has 228 valence electrons. The highest BCUT2D eigenvalue weighted by atomic mass is 35.5. The van der Waals surface area contributed by atoms with Crippen LogP contribution >= 0.6 is 23.4 Å². The van der Waals surface area contributed by atoms with Crippen LogP contribution in [0.5, 0.6) is 0 Å². The number of hydrogen-bond acceptors (Lipinski definition) is 7. The second-order valence-electron chi connectivity index (χ2n) is 10.4. The number of alkyl carbamates (subject to hydrolysis) is 1. The van der Waals surface area contributed by atoms with Gasteiger partial charge in [-0.25, -0.2) is 23.3 Å². The van der Waals surface area contributed by atoms with Crippen molar-refractivity contribution in [3.63, 3.8) is 0 Å². The number of fused-ring (bicyclic) bond motifs is 3. The molecule has 4 N–H and O–H groups in total. The van der Waals surface area contributed by atoms with Crippen molar-refractivity contribution in [1.82, 2.24) is 10.3 Å². The van der Waals surface area contributed by atoms with E-state index in [4.69, 9.17) is 21.5 Å². The molecule has 8 nitrogen and oxygen atoms in total. The van der Waals surface area contributed by atoms with E-state index >= 15 is 0 Å². The van der Waals surface area contributed by atoms with Crippen LogP contribution in [0, 0.1) is 0 Å². The maximum Gasteiger partial charge on any atom is 0.407 e. The third-order valence-corrected chi connectivity index (χ3v) is 10.3. The number of amides is 1. The Kier molecular flexibility index (Phi) is 8.93. The maximum atomic E-state index is 13.2. The molecule has 0 unspecified atom stereocenters. The topological polar surface area (TPSA) is 132 Å². The highest BCUT2D eigenvalue weighted by Gasteiger charge is 2.29. The summed E-state index contributed by atoms with van der Waals surface area (Å²) >= 11 is 7.99. The quantitative estimate of drug-likeness (QED) is 0.160. The molecule has 0 fully saturated rings. The second-order valence-corrected chi connectivity index (χ2v) is 13.3. The highest BCUT2D eigenvalue weighted by molar-refractivity contribution is 7.99. The van der Waals surface area contributed by atoms with E-state index in [0.29, 0.717) is 37.2 Å². The zero-order chi connectivity index (χ0) is 31.6. The van der Waals surface area contributed by atoms with Gasteiger partial charge in [0.25, 0.3) is 0 Å². The zero-order valence-corrected chi connectivity index (χ0v) is 26.2. The van der Waals surface area contributed by atoms with E-state index in [9.17, 15) is 18.3 Å². The molecule has 1 aromatic heterocycles. The molecule has 1 aliphatic rings. The number of ether oxygens (including phenoxy) is 1. The molecule has 0 spiro atoms. The third kappa shape index (κ3) is 6.47. The summed E-state index contributed by atoms with van der Waals surface area (Å²) in [6.45, 7) is -0.00430. The average Bonchev–Trinajstić information content (AvgIpc) is 3.37. The number of aliphatic hydroxyl groups is 1. The Morgan fingerprint density at radius 3 is 2.22 bits per heavy atom. The first-order valence-electron chi connectivity index (χ1n) is 14.0. The van der Waals surface area contributed by atoms with Gasteiger partial charge in [0.1, 0.15) is 11.6 Å². The summed E-state index contributed by atoms with van der Waals surface area (Å²) in [6, 6.07) is 29.4. The summed E-state index contributed by atoms with van der Waals surface area (Å²) in [6.07, 6.45) is 1.03. The van der Waals surface area contributed by atoms with Crippen molar-refractivity contribution in [2.75, 3.05) is 6.61 Å². The minimum Gasteiger partial charge on any atom is -0.449 e. The molecule has 0 bridgehead atoms. The molecule has 5 aromatic rings. The van der Waals surface area contributed by atoms with E-state index in [-0.39, 0.29) is 30.6 Å². The Hall–Kier alpha value is -4.19. The van der Waals surface area contributed by atoms with E-state index in [1.165, 1.54) is 23.9 Å². The molecular formula is C34H28ClN3O5S2. The summed E-state index contributed by atoms with van der Waals surface area (Å²) in [5.41, 5.74) is 7.18. The summed E-state index contributed by atoms with van der Waals surface area (Å²) in [5, 5.41) is 19.1. The number of primary sulfonamides is 1. The van der Waals surface area contributed by atoms with Gasteiger partial charge in [0, 0.05) is 29.1 Å². The van der Waals surface area contributed by atoms with Crippen LogP contribution in [0.15, 0.2) is 118 Å². The fraction of sp³-hybridized carbons (Fsp3) is 0.118. The van der Waals surface area contributed by atoms with E-state index in [2.05, 4.69) is 34.6 Å². The van der Waals surface area contributed by atoms with Gasteiger partial charge in [0.2, 0.25) is 10.0 Å². The predicted octanol–water partition coefficient (Wildman–Crippen LogP) is 6.73. The molecule has 1 heterocycles. The molecule has 0 atom stereocenters. The van der Waals surface area contributed by atoms with Gasteiger partial charge >= 0.3 is 6.09 Å². The van der Waals surface area contributed by atoms with Crippen molar-refractivity contribution < 1.29 is 23.1 Å². The number of nitrogens with one attached hydrogen (secondary N) is 1. The standard InChI is InChI=1S/C34H28ClN3O5S2/c35-31-16-15-24(21-11-13-23(14-12-21)45(36,41)42)29(32(31)44-33-22(19-39)6-5-17-37-33)18-38-34(40)43-20-30-27-9-3-1-7-25(27)26-8-2-4-10-28(26)30/h1-17,30,39H,18-20H2,(H,38,40)(H2,36,41,42). The van der Waals surface area contributed by atoms with E-state index in [1.54, 1.807) is 42.6 Å². The number of halogens is 1. The fourth-order valence-electron chi connectivity index (χ4n) is 5.52. The van der Waals surface area contributed by atoms with E-state index < -0.39 is 16.1 Å². The van der Waals surface area contributed by atoms with Crippen molar-refractivity contribution >= 4 is 39.5 Å². The Morgan fingerprint density at radius 1 is 0.911 bits per heavy atom. The normalized spacial score (nSPS) is 12.4. The fourth-order valence-corrected chi connectivity index (χ4v) is 7.37. The average molecular weight is 658 g/mol. The summed E-state index contributed by atoms with van der Waals surface area (Å²) in [5.74, 6) is -0.0885. The number of nitrogens with two attached hydrogens (primary N) is 1. The number of aliphatic hydroxyl groups excluding tert-OH is 1. The Morgan fingerprint density at radius 2 is 1.58 bits per heavy atom. The number of carbonyl (C=O) groups excluding carboxylic acids is 1. The minimum absolute atomic E-state index is 0.0193. The van der Waals surface area contributed by atoms with Gasteiger partial charge in [0.05, 0.1) is 16.5 Å². The minimum atomic E-state index is -3.88. The van der Waals surface area contributed by atoms with Gasteiger partial charge in [-0.05, 0) is 63.2 Å². The monoisotopic (exact) mass is 657 g/mol. The lowest BCUT2D eigenvalue weighted by molar-refractivity contribution is 0.142. The molecule has 0 aliphatic heterocycles. The second kappa shape index (κ2) is 13.0. The van der Waals surface area contributed by atoms with Crippen LogP contribution in [0.1, 0.15) is 28.2 Å². The number of nitrogens with zero attached hydrogens (tertiary/aromatic N) is 1. The maximum absolute atomic E-state index is 13.2. The van der Waals surface area contributed by atoms with Crippen molar-refractivity contribution in [2.24, 2.45) is 5.14 Å². The van der Waals surface area contributed by atoms with Crippen LogP contribution in [-0.4, -0.2) is 31.2 Å². The lowest BCUT2D eigenvalue weighted by Crippen LogP contribution is -2.26. The van der Waals surface area contributed by atoms with Gasteiger partial charge in [-0.3, -0.25) is 0 Å². The molecule has 45 heavy (non-hydrogen) atoms. The number of benzene rings is 4. The van der Waals surface area contributed by atoms with E-state index in [1.807, 2.05) is 24.3 Å². The molecule has 1 amide bonds. The molecular weight excluding hydrogens is 630 g/mol. The SMILES string of the molecule is NS(=O)(=O)c1ccc(-c2ccc(Cl)c(Sc3ncccc3CO)c2CNC(=O)OCC2c3ccccc3-c3ccccc32)cc1. The number of sulfonamides is 1. The van der Waals surface area contributed by atoms with Crippen LogP contribution in [0.25, 0.3) is 22.3 Å². The molecule has 0 saturated heterocycles. The highest BCUT2D eigenvalue weighted by Crippen LogP contribution is 2.45. The smallest absolute Gasteiger partial charge is 0.407 e. The van der Waals surface area contributed by atoms with Crippen molar-refractivity contribution in [1.29, 1.82) is 0 Å². The van der Waals surface area contributed by atoms with Crippen LogP contribution in [0.2, 0.25) is 5.02 Å². The number of carbonyl (C=O) groups is 1. The van der Waals surface area contributed by atoms with Gasteiger partial charge in [-0.15, -0.1) is 0 Å². The lowest BCUT2D eigenvalue weighted by Gasteiger charge is -2.19. The molecule has 1 aliphatic carbocycles. The summed E-state index contributed by atoms with van der Waals surface area (Å²) < 4.78 is 29.5. The van der Waals surface area contributed by atoms with Crippen LogP contribution < -0.4 is 10.5 Å². The molecule has 4 aromatic carbocycles. The first-order valence-corrected chi connectivity index (χ1v) is 16.7. The van der Waals surface area contributed by atoms with Crippen molar-refractivity contribution in [2.45, 2.75) is 33.9 Å². The third-order valence-electron chi connectivity index (χ3n) is 7.68. The zero-order valence-electron chi connectivity index (χ0n) is 23.8. The largest absolute Gasteiger partial charge is 0.449 e. The number of pyridine rings is 1. The lowest BCUT2D eigenvalue weighted by atomic mass is 9.98. The predicted molar refractivity (Wildman–Crippen MR) is 174 cm³/mol. The van der Waals surface area contributed by atoms with Gasteiger partial charge in [-0.1, -0.05) is 96.2 Å².